The molecule has 2 fully saturated rings. The third-order valence-electron chi connectivity index (χ3n) is 6.16. The summed E-state index contributed by atoms with van der Waals surface area (Å²) in [6, 6.07) is 7.47. The van der Waals surface area contributed by atoms with E-state index < -0.39 is 0 Å². The molecule has 2 aromatic rings. The van der Waals surface area contributed by atoms with Crippen LogP contribution in [0.15, 0.2) is 29.1 Å². The Balaban J connectivity index is 1.47. The number of amides is 2. The fourth-order valence-corrected chi connectivity index (χ4v) is 4.84. The van der Waals surface area contributed by atoms with Crippen molar-refractivity contribution in [3.63, 3.8) is 0 Å². The highest BCUT2D eigenvalue weighted by molar-refractivity contribution is 5.86. The molecule has 7 nitrogen and oxygen atoms in total. The van der Waals surface area contributed by atoms with E-state index in [4.69, 9.17) is 4.98 Å². The van der Waals surface area contributed by atoms with Gasteiger partial charge < -0.3 is 9.80 Å². The van der Waals surface area contributed by atoms with E-state index >= 15 is 0 Å². The first-order chi connectivity index (χ1) is 13.1. The van der Waals surface area contributed by atoms with Crippen molar-refractivity contribution in [2.45, 2.75) is 50.7 Å². The predicted molar refractivity (Wildman–Crippen MR) is 99.2 cm³/mol. The van der Waals surface area contributed by atoms with Crippen LogP contribution in [0.25, 0.3) is 10.9 Å². The van der Waals surface area contributed by atoms with Crippen molar-refractivity contribution >= 4 is 22.7 Å². The number of carbonyl (C=O) groups excluding carboxylic acids is 2. The number of nitrogens with zero attached hydrogens (tertiary/aromatic N) is 4. The highest BCUT2D eigenvalue weighted by Gasteiger charge is 2.41. The Labute approximate surface area is 156 Å². The molecule has 3 aliphatic heterocycles. The van der Waals surface area contributed by atoms with Crippen LogP contribution in [0, 0.1) is 0 Å². The van der Waals surface area contributed by atoms with Crippen LogP contribution < -0.4 is 5.56 Å². The first-order valence-corrected chi connectivity index (χ1v) is 9.69. The second-order valence-electron chi connectivity index (χ2n) is 7.77. The summed E-state index contributed by atoms with van der Waals surface area (Å²) >= 11 is 0. The van der Waals surface area contributed by atoms with Crippen molar-refractivity contribution in [3.8, 4) is 0 Å². The molecule has 2 atom stereocenters. The first kappa shape index (κ1) is 16.5. The van der Waals surface area contributed by atoms with Gasteiger partial charge >= 0.3 is 0 Å². The molecule has 0 spiro atoms. The lowest BCUT2D eigenvalue weighted by atomic mass is 10.1. The number of likely N-dealkylation sites (tertiary alicyclic amines) is 1. The summed E-state index contributed by atoms with van der Waals surface area (Å²) in [7, 11) is 0. The lowest BCUT2D eigenvalue weighted by molar-refractivity contribution is -0.140. The Kier molecular flexibility index (Phi) is 3.77. The smallest absolute Gasteiger partial charge is 0.261 e. The van der Waals surface area contributed by atoms with Gasteiger partial charge in [-0.2, -0.15) is 0 Å². The topological polar surface area (TPSA) is 75.5 Å². The summed E-state index contributed by atoms with van der Waals surface area (Å²) in [5.74, 6) is 0.835. The Morgan fingerprint density at radius 2 is 1.96 bits per heavy atom. The summed E-state index contributed by atoms with van der Waals surface area (Å²) in [6.07, 6.45) is 3.78. The number of hydrogen-bond acceptors (Lipinski definition) is 4. The monoisotopic (exact) mass is 366 g/mol. The molecule has 0 unspecified atom stereocenters. The van der Waals surface area contributed by atoms with Crippen LogP contribution in [0.5, 0.6) is 0 Å². The zero-order chi connectivity index (χ0) is 18.5. The number of rotatable bonds is 2. The van der Waals surface area contributed by atoms with Crippen LogP contribution in [0.3, 0.4) is 0 Å². The van der Waals surface area contributed by atoms with E-state index in [1.54, 1.807) is 9.47 Å². The lowest BCUT2D eigenvalue weighted by Crippen LogP contribution is -2.47. The normalized spacial score (nSPS) is 24.4. The van der Waals surface area contributed by atoms with Crippen molar-refractivity contribution in [2.24, 2.45) is 0 Å². The Morgan fingerprint density at radius 1 is 1.15 bits per heavy atom. The summed E-state index contributed by atoms with van der Waals surface area (Å²) in [4.78, 5) is 46.2. The van der Waals surface area contributed by atoms with E-state index in [1.807, 2.05) is 29.2 Å². The van der Waals surface area contributed by atoms with Gasteiger partial charge in [0, 0.05) is 32.0 Å². The molecule has 27 heavy (non-hydrogen) atoms. The van der Waals surface area contributed by atoms with Crippen molar-refractivity contribution in [1.82, 2.24) is 19.4 Å². The van der Waals surface area contributed by atoms with Gasteiger partial charge in [-0.25, -0.2) is 4.98 Å². The molecule has 3 aliphatic rings. The van der Waals surface area contributed by atoms with E-state index in [9.17, 15) is 14.4 Å². The van der Waals surface area contributed by atoms with Gasteiger partial charge in [-0.1, -0.05) is 12.1 Å². The van der Waals surface area contributed by atoms with Crippen molar-refractivity contribution in [2.75, 3.05) is 13.1 Å². The molecule has 0 aliphatic carbocycles. The number of aromatic nitrogens is 2. The molecular formula is C20H22N4O3. The van der Waals surface area contributed by atoms with Gasteiger partial charge in [0.2, 0.25) is 11.8 Å². The number of fused-ring (bicyclic) bond motifs is 4. The zero-order valence-corrected chi connectivity index (χ0v) is 15.1. The number of hydrogen-bond donors (Lipinski definition) is 0. The lowest BCUT2D eigenvalue weighted by Gasteiger charge is -2.29. The summed E-state index contributed by atoms with van der Waals surface area (Å²) < 4.78 is 1.76. The van der Waals surface area contributed by atoms with E-state index in [0.717, 1.165) is 25.1 Å². The third-order valence-corrected chi connectivity index (χ3v) is 6.16. The van der Waals surface area contributed by atoms with E-state index in [0.29, 0.717) is 36.8 Å². The van der Waals surface area contributed by atoms with Crippen molar-refractivity contribution in [1.29, 1.82) is 0 Å². The molecule has 140 valence electrons. The average molecular weight is 366 g/mol. The van der Waals surface area contributed by atoms with Crippen LogP contribution in [-0.4, -0.2) is 56.3 Å². The second-order valence-corrected chi connectivity index (χ2v) is 7.77. The molecule has 1 aromatic carbocycles. The molecule has 0 saturated carbocycles. The van der Waals surface area contributed by atoms with Crippen LogP contribution in [-0.2, 0) is 22.6 Å². The SMILES string of the molecule is O=C1CCCN1CC(=O)N1[C@@H]2CC[C@H]1Cn1c(nc3ccccc3c1=O)C2. The summed E-state index contributed by atoms with van der Waals surface area (Å²) in [5, 5.41) is 0.625. The molecule has 4 heterocycles. The van der Waals surface area contributed by atoms with Crippen LogP contribution in [0.1, 0.15) is 31.5 Å². The second kappa shape index (κ2) is 6.18. The van der Waals surface area contributed by atoms with Crippen LogP contribution >= 0.6 is 0 Å². The predicted octanol–water partition coefficient (Wildman–Crippen LogP) is 0.935. The minimum Gasteiger partial charge on any atom is -0.333 e. The zero-order valence-electron chi connectivity index (χ0n) is 15.1. The maximum atomic E-state index is 13.0. The van der Waals surface area contributed by atoms with Crippen molar-refractivity contribution < 1.29 is 9.59 Å². The highest BCUT2D eigenvalue weighted by Crippen LogP contribution is 2.31. The summed E-state index contributed by atoms with van der Waals surface area (Å²) in [6.45, 7) is 1.31. The fourth-order valence-electron chi connectivity index (χ4n) is 4.84. The first-order valence-electron chi connectivity index (χ1n) is 9.69. The van der Waals surface area contributed by atoms with Gasteiger partial charge in [-0.3, -0.25) is 19.0 Å². The molecule has 0 N–H and O–H groups in total. The maximum Gasteiger partial charge on any atom is 0.261 e. The van der Waals surface area contributed by atoms with Gasteiger partial charge in [-0.15, -0.1) is 0 Å². The molecule has 2 saturated heterocycles. The number of para-hydroxylation sites is 1. The average Bonchev–Trinajstić information content (AvgIpc) is 3.18. The minimum absolute atomic E-state index is 0.00196. The molecule has 0 radical (unpaired) electrons. The largest absolute Gasteiger partial charge is 0.333 e. The summed E-state index contributed by atoms with van der Waals surface area (Å²) in [5.41, 5.74) is 0.692. The van der Waals surface area contributed by atoms with E-state index in [2.05, 4.69) is 0 Å². The molecule has 2 amide bonds. The molecular weight excluding hydrogens is 344 g/mol. The third kappa shape index (κ3) is 2.64. The Morgan fingerprint density at radius 3 is 2.78 bits per heavy atom. The maximum absolute atomic E-state index is 13.0. The quantitative estimate of drug-likeness (QED) is 0.793. The Bertz CT molecular complexity index is 998. The minimum atomic E-state index is -0.0229. The molecule has 5 rings (SSSR count). The van der Waals surface area contributed by atoms with E-state index in [1.165, 1.54) is 0 Å². The molecule has 2 bridgehead atoms. The van der Waals surface area contributed by atoms with Gasteiger partial charge in [0.25, 0.3) is 5.56 Å². The fraction of sp³-hybridized carbons (Fsp3) is 0.500. The standard InChI is InChI=1S/C20H22N4O3/c25-18-6-3-9-22(18)12-19(26)24-13-7-8-14(24)11-23-17(10-13)21-16-5-2-1-4-15(16)20(23)27/h1-2,4-5,13-14H,3,6-12H2/t13-,14+/m1/s1. The van der Waals surface area contributed by atoms with Gasteiger partial charge in [0.05, 0.1) is 23.5 Å². The van der Waals surface area contributed by atoms with Crippen LogP contribution in [0.2, 0.25) is 0 Å². The Hall–Kier alpha value is -2.70. The van der Waals surface area contributed by atoms with Gasteiger partial charge in [0.1, 0.15) is 5.82 Å². The molecule has 7 heteroatoms. The van der Waals surface area contributed by atoms with Crippen LogP contribution in [0.4, 0.5) is 0 Å². The van der Waals surface area contributed by atoms with Crippen molar-refractivity contribution in [3.05, 3.63) is 40.4 Å². The van der Waals surface area contributed by atoms with Gasteiger partial charge in [-0.05, 0) is 31.4 Å². The number of carbonyl (C=O) groups is 2. The number of benzene rings is 1. The molecule has 1 aromatic heterocycles. The van der Waals surface area contributed by atoms with E-state index in [-0.39, 0.29) is 36.0 Å². The highest BCUT2D eigenvalue weighted by atomic mass is 16.2. The van der Waals surface area contributed by atoms with Gasteiger partial charge in [0.15, 0.2) is 0 Å².